The molecule has 0 saturated carbocycles. The van der Waals surface area contributed by atoms with Crippen LogP contribution in [0, 0.1) is 0 Å². The zero-order valence-corrected chi connectivity index (χ0v) is 27.2. The summed E-state index contributed by atoms with van der Waals surface area (Å²) in [6.07, 6.45) is 1.13. The van der Waals surface area contributed by atoms with Gasteiger partial charge in [0.25, 0.3) is 0 Å². The molecular weight excluding hydrogens is 544 g/mol. The van der Waals surface area contributed by atoms with Crippen LogP contribution in [0.5, 0.6) is 11.5 Å². The largest absolute Gasteiger partial charge is 0.487 e. The lowest BCUT2D eigenvalue weighted by Gasteiger charge is -2.40. The van der Waals surface area contributed by atoms with Gasteiger partial charge in [-0.1, -0.05) is 69.3 Å². The van der Waals surface area contributed by atoms with Crippen LogP contribution in [0.3, 0.4) is 0 Å². The highest BCUT2D eigenvalue weighted by molar-refractivity contribution is 6.74. The van der Waals surface area contributed by atoms with Crippen molar-refractivity contribution in [3.05, 3.63) is 89.5 Å². The summed E-state index contributed by atoms with van der Waals surface area (Å²) >= 11 is 0. The molecule has 3 rings (SSSR count). The van der Waals surface area contributed by atoms with Crippen LogP contribution in [0.15, 0.2) is 72.8 Å². The molecule has 0 heterocycles. The summed E-state index contributed by atoms with van der Waals surface area (Å²) in [7, 11) is -2.16. The first-order valence-electron chi connectivity index (χ1n) is 14.4. The van der Waals surface area contributed by atoms with Gasteiger partial charge >= 0.3 is 5.97 Å². The van der Waals surface area contributed by atoms with Crippen molar-refractivity contribution in [1.82, 2.24) is 5.32 Å². The van der Waals surface area contributed by atoms with E-state index in [1.54, 1.807) is 6.07 Å². The van der Waals surface area contributed by atoms with Crippen molar-refractivity contribution in [2.75, 3.05) is 11.9 Å². The highest BCUT2D eigenvalue weighted by atomic mass is 28.4. The van der Waals surface area contributed by atoms with Gasteiger partial charge in [0.2, 0.25) is 6.41 Å². The number of carbonyl (C=O) groups excluding carboxylic acids is 2. The van der Waals surface area contributed by atoms with Crippen LogP contribution in [0.2, 0.25) is 18.1 Å². The maximum absolute atomic E-state index is 11.5. The van der Waals surface area contributed by atoms with E-state index in [1.807, 2.05) is 66.7 Å². The van der Waals surface area contributed by atoms with Crippen molar-refractivity contribution >= 4 is 26.4 Å². The molecule has 3 aromatic carbocycles. The van der Waals surface area contributed by atoms with Crippen molar-refractivity contribution < 1.29 is 23.5 Å². The fourth-order valence-corrected chi connectivity index (χ4v) is 5.66. The Bertz CT molecular complexity index is 1340. The van der Waals surface area contributed by atoms with Crippen molar-refractivity contribution in [2.45, 2.75) is 84.3 Å². The van der Waals surface area contributed by atoms with E-state index in [0.29, 0.717) is 36.7 Å². The van der Waals surface area contributed by atoms with E-state index in [-0.39, 0.29) is 22.7 Å². The van der Waals surface area contributed by atoms with Crippen molar-refractivity contribution in [2.24, 2.45) is 0 Å². The third kappa shape index (κ3) is 9.82. The minimum atomic E-state index is -2.16. The number of carbonyl (C=O) groups is 2. The monoisotopic (exact) mass is 590 g/mol. The first-order chi connectivity index (χ1) is 19.7. The molecule has 3 aromatic rings. The molecule has 0 bridgehead atoms. The van der Waals surface area contributed by atoms with Crippen LogP contribution >= 0.6 is 0 Å². The van der Waals surface area contributed by atoms with Gasteiger partial charge in [-0.3, -0.25) is 9.59 Å². The summed E-state index contributed by atoms with van der Waals surface area (Å²) in [5, 5.41) is 6.55. The van der Waals surface area contributed by atoms with Crippen molar-refractivity contribution in [3.63, 3.8) is 0 Å². The Balaban J connectivity index is 1.84. The molecule has 0 saturated heterocycles. The molecular formula is C34H46N2O5Si. The number of benzene rings is 3. The smallest absolute Gasteiger partial charge is 0.308 e. The molecule has 0 unspecified atom stereocenters. The highest BCUT2D eigenvalue weighted by Crippen LogP contribution is 2.40. The van der Waals surface area contributed by atoms with Crippen LogP contribution in [0.25, 0.3) is 0 Å². The maximum Gasteiger partial charge on any atom is 0.308 e. The fraction of sp³-hybridized carbons (Fsp3) is 0.412. The SMILES string of the molecule is CC(=O)Oc1cccc(CC(C)(C)NC[C@H](O[Si](C)(C)C(C)(C)C)c2ccc(OCc3ccccc3)c(NC=O)c2)c1. The van der Waals surface area contributed by atoms with Gasteiger partial charge in [0.05, 0.1) is 11.8 Å². The lowest BCUT2D eigenvalue weighted by atomic mass is 9.94. The zero-order chi connectivity index (χ0) is 31.0. The number of anilines is 1. The Morgan fingerprint density at radius 2 is 1.62 bits per heavy atom. The molecule has 0 fully saturated rings. The fourth-order valence-electron chi connectivity index (χ4n) is 4.37. The topological polar surface area (TPSA) is 85.9 Å². The number of esters is 1. The molecule has 42 heavy (non-hydrogen) atoms. The van der Waals surface area contributed by atoms with Crippen LogP contribution in [-0.4, -0.2) is 32.8 Å². The van der Waals surface area contributed by atoms with Crippen molar-refractivity contribution in [3.8, 4) is 11.5 Å². The Kier molecular flexibility index (Phi) is 11.1. The van der Waals surface area contributed by atoms with E-state index in [4.69, 9.17) is 13.9 Å². The van der Waals surface area contributed by atoms with Crippen molar-refractivity contribution in [1.29, 1.82) is 0 Å². The Hall–Kier alpha value is -3.46. The first kappa shape index (κ1) is 33.0. The quantitative estimate of drug-likeness (QED) is 0.0879. The molecule has 1 atom stereocenters. The van der Waals surface area contributed by atoms with Gasteiger partial charge in [0, 0.05) is 19.0 Å². The maximum atomic E-state index is 11.5. The first-order valence-corrected chi connectivity index (χ1v) is 17.3. The van der Waals surface area contributed by atoms with Gasteiger partial charge in [0.15, 0.2) is 8.32 Å². The van der Waals surface area contributed by atoms with Crippen LogP contribution < -0.4 is 20.1 Å². The van der Waals surface area contributed by atoms with Crippen LogP contribution in [0.4, 0.5) is 5.69 Å². The molecule has 0 spiro atoms. The van der Waals surface area contributed by atoms with Gasteiger partial charge in [-0.25, -0.2) is 0 Å². The summed E-state index contributed by atoms with van der Waals surface area (Å²) < 4.78 is 18.3. The number of nitrogens with one attached hydrogen (secondary N) is 2. The van der Waals surface area contributed by atoms with E-state index < -0.39 is 8.32 Å². The molecule has 0 aliphatic heterocycles. The highest BCUT2D eigenvalue weighted by Gasteiger charge is 2.40. The van der Waals surface area contributed by atoms with E-state index >= 15 is 0 Å². The number of hydrogen-bond acceptors (Lipinski definition) is 6. The van der Waals surface area contributed by atoms with E-state index in [0.717, 1.165) is 23.1 Å². The molecule has 0 aliphatic rings. The molecule has 226 valence electrons. The predicted molar refractivity (Wildman–Crippen MR) is 171 cm³/mol. The lowest BCUT2D eigenvalue weighted by Crippen LogP contribution is -2.47. The second kappa shape index (κ2) is 14.1. The number of rotatable bonds is 14. The van der Waals surface area contributed by atoms with Gasteiger partial charge in [0.1, 0.15) is 18.1 Å². The number of ether oxygens (including phenoxy) is 2. The number of hydrogen-bond donors (Lipinski definition) is 2. The van der Waals surface area contributed by atoms with E-state index in [1.165, 1.54) is 6.92 Å². The molecule has 7 nitrogen and oxygen atoms in total. The van der Waals surface area contributed by atoms with E-state index in [2.05, 4.69) is 58.3 Å². The van der Waals surface area contributed by atoms with Crippen LogP contribution in [-0.2, 0) is 27.0 Å². The van der Waals surface area contributed by atoms with Gasteiger partial charge in [-0.2, -0.15) is 0 Å². The van der Waals surface area contributed by atoms with Crippen LogP contribution in [0.1, 0.15) is 64.3 Å². The second-order valence-electron chi connectivity index (χ2n) is 12.8. The lowest BCUT2D eigenvalue weighted by molar-refractivity contribution is -0.131. The Labute approximate surface area is 252 Å². The normalized spacial score (nSPS) is 12.9. The summed E-state index contributed by atoms with van der Waals surface area (Å²) in [5.41, 5.74) is 3.38. The molecule has 0 aliphatic carbocycles. The minimum Gasteiger partial charge on any atom is -0.487 e. The molecule has 0 aromatic heterocycles. The summed E-state index contributed by atoms with van der Waals surface area (Å²) in [4.78, 5) is 22.9. The average Bonchev–Trinajstić information content (AvgIpc) is 2.90. The Morgan fingerprint density at radius 1 is 0.929 bits per heavy atom. The summed E-state index contributed by atoms with van der Waals surface area (Å²) in [5.74, 6) is 0.802. The molecule has 2 N–H and O–H groups in total. The second-order valence-corrected chi connectivity index (χ2v) is 17.6. The molecule has 0 radical (unpaired) electrons. The van der Waals surface area contributed by atoms with E-state index in [9.17, 15) is 9.59 Å². The van der Waals surface area contributed by atoms with Gasteiger partial charge in [-0.15, -0.1) is 0 Å². The standard InChI is InChI=1S/C34H46N2O5Si/c1-25(38)40-29-16-12-15-27(19-29)21-34(5,6)36-22-32(41-42(7,8)33(2,3)4)28-17-18-31(30(20-28)35-24-37)39-23-26-13-10-9-11-14-26/h9-20,24,32,36H,21-23H2,1-8H3,(H,35,37)/t32-/m0/s1. The predicted octanol–water partition coefficient (Wildman–Crippen LogP) is 7.43. The summed E-state index contributed by atoms with van der Waals surface area (Å²) in [6.45, 7) is 17.8. The number of amides is 1. The third-order valence-electron chi connectivity index (χ3n) is 7.64. The van der Waals surface area contributed by atoms with Gasteiger partial charge in [-0.05, 0) is 79.4 Å². The molecule has 8 heteroatoms. The van der Waals surface area contributed by atoms with Gasteiger partial charge < -0.3 is 24.5 Å². The molecule has 1 amide bonds. The average molecular weight is 591 g/mol. The summed E-state index contributed by atoms with van der Waals surface area (Å²) in [6, 6.07) is 23.4. The third-order valence-corrected chi connectivity index (χ3v) is 12.1. The Morgan fingerprint density at radius 3 is 2.26 bits per heavy atom. The zero-order valence-electron chi connectivity index (χ0n) is 26.2. The minimum absolute atomic E-state index is 0.0144.